The third kappa shape index (κ3) is 4.75. The number of aliphatic hydroxyl groups is 1. The van der Waals surface area contributed by atoms with Crippen LogP contribution in [0.5, 0.6) is 0 Å². The van der Waals surface area contributed by atoms with Crippen LogP contribution in [0.15, 0.2) is 17.2 Å². The van der Waals surface area contributed by atoms with E-state index < -0.39 is 11.0 Å². The van der Waals surface area contributed by atoms with Crippen LogP contribution in [0.3, 0.4) is 0 Å². The van der Waals surface area contributed by atoms with Gasteiger partial charge in [-0.1, -0.05) is 17.7 Å². The number of likely N-dealkylation sites (tertiary alicyclic amines) is 1. The van der Waals surface area contributed by atoms with Crippen LogP contribution in [0.25, 0.3) is 22.6 Å². The number of carbonyl (C=O) groups is 1. The number of ketones is 1. The van der Waals surface area contributed by atoms with Gasteiger partial charge in [0.2, 0.25) is 0 Å². The van der Waals surface area contributed by atoms with Crippen LogP contribution in [-0.4, -0.2) is 78.5 Å². The number of β-amino-alcohol motifs (C(OH)–C–C–N with tert-alkyl or cyclic N) is 1. The molecule has 1 spiro atoms. The fraction of sp³-hybridized carbons (Fsp3) is 0.656. The predicted molar refractivity (Wildman–Crippen MR) is 173 cm³/mol. The van der Waals surface area contributed by atoms with E-state index in [0.717, 1.165) is 89.8 Å². The minimum atomic E-state index is -0.862. The van der Waals surface area contributed by atoms with Gasteiger partial charge in [0.15, 0.2) is 22.9 Å². The van der Waals surface area contributed by atoms with Crippen LogP contribution < -0.4 is 4.90 Å². The molecule has 7 rings (SSSR count). The van der Waals surface area contributed by atoms with Gasteiger partial charge in [0, 0.05) is 30.6 Å². The number of hydrogen-bond donors (Lipinski definition) is 1. The van der Waals surface area contributed by atoms with Gasteiger partial charge in [0.1, 0.15) is 15.3 Å². The Morgan fingerprint density at radius 1 is 1.14 bits per heavy atom. The Hall–Kier alpha value is -2.38. The number of likely N-dealkylation sites (N-methyl/N-ethyl adjacent to an activating group) is 1. The van der Waals surface area contributed by atoms with Crippen LogP contribution in [-0.2, 0) is 16.6 Å². The number of aromatic nitrogens is 5. The van der Waals surface area contributed by atoms with E-state index in [4.69, 9.17) is 19.6 Å². The molecule has 43 heavy (non-hydrogen) atoms. The highest BCUT2D eigenvalue weighted by molar-refractivity contribution is 14.1. The molecular formula is C32H42IN7O3. The molecule has 0 aromatic carbocycles. The predicted octanol–water partition coefficient (Wildman–Crippen LogP) is 5.36. The molecule has 5 atom stereocenters. The first kappa shape index (κ1) is 29.3. The molecule has 2 saturated heterocycles. The molecule has 230 valence electrons. The van der Waals surface area contributed by atoms with E-state index in [-0.39, 0.29) is 17.9 Å². The van der Waals surface area contributed by atoms with Crippen LogP contribution in [0.4, 0.5) is 5.82 Å². The average molecular weight is 700 g/mol. The van der Waals surface area contributed by atoms with Gasteiger partial charge in [0.05, 0.1) is 22.4 Å². The largest absolute Gasteiger partial charge is 0.388 e. The Bertz CT molecular complexity index is 1580. The maximum Gasteiger partial charge on any atom is 0.186 e. The summed E-state index contributed by atoms with van der Waals surface area (Å²) < 4.78 is 9.01. The fourth-order valence-corrected chi connectivity index (χ4v) is 9.02. The molecule has 0 bridgehead atoms. The fourth-order valence-electron chi connectivity index (χ4n) is 8.31. The molecule has 0 amide bonds. The molecule has 2 aliphatic heterocycles. The molecule has 11 heteroatoms. The van der Waals surface area contributed by atoms with Gasteiger partial charge in [-0.25, -0.2) is 14.6 Å². The van der Waals surface area contributed by atoms with E-state index in [2.05, 4.69) is 62.8 Å². The first-order valence-electron chi connectivity index (χ1n) is 15.9. The number of carbonyl (C=O) groups excluding carboxylic acids is 1. The second-order valence-electron chi connectivity index (χ2n) is 13.6. The van der Waals surface area contributed by atoms with Gasteiger partial charge >= 0.3 is 0 Å². The van der Waals surface area contributed by atoms with Crippen LogP contribution >= 0.6 is 22.6 Å². The Balaban J connectivity index is 1.43. The van der Waals surface area contributed by atoms with Crippen molar-refractivity contribution in [3.8, 4) is 11.5 Å². The summed E-state index contributed by atoms with van der Waals surface area (Å²) in [5, 5.41) is 21.8. The molecule has 1 N–H and O–H groups in total. The summed E-state index contributed by atoms with van der Waals surface area (Å²) in [6.45, 7) is 9.75. The summed E-state index contributed by atoms with van der Waals surface area (Å²) in [4.78, 5) is 28.3. The summed E-state index contributed by atoms with van der Waals surface area (Å²) in [6.07, 6.45) is 11.6. The molecule has 4 aliphatic rings. The summed E-state index contributed by atoms with van der Waals surface area (Å²) >= 11 is 2.31. The number of anilines is 1. The Labute approximate surface area is 266 Å². The molecule has 0 unspecified atom stereocenters. The number of halogens is 1. The number of piperidine rings is 1. The topological polar surface area (TPSA) is 113 Å². The van der Waals surface area contributed by atoms with Gasteiger partial charge in [-0.2, -0.15) is 5.10 Å². The van der Waals surface area contributed by atoms with Crippen molar-refractivity contribution in [1.29, 1.82) is 0 Å². The standard InChI is InChI=1S/C32H42IN7O3/c1-5-20-13-16-31(3,42)18-39(20)29-24-27(33)36-40(19(2)22-11-9-17-38(22)4)30(24)35-28(34-29)25-21-10-8-15-32(26(21)43-37-25)14-7-6-12-23(32)41/h5,19-20,22,42H,1,6-18H2,2-4H3/t19-,20-,22-,31+,32+/m0/s1. The summed E-state index contributed by atoms with van der Waals surface area (Å²) in [5.41, 5.74) is 0.938. The van der Waals surface area contributed by atoms with Crippen molar-refractivity contribution in [3.63, 3.8) is 0 Å². The third-order valence-corrected chi connectivity index (χ3v) is 11.5. The Morgan fingerprint density at radius 2 is 1.95 bits per heavy atom. The molecule has 3 fully saturated rings. The molecule has 1 saturated carbocycles. The lowest BCUT2D eigenvalue weighted by molar-refractivity contribution is -0.128. The van der Waals surface area contributed by atoms with Crippen molar-refractivity contribution in [2.45, 2.75) is 114 Å². The maximum atomic E-state index is 13.3. The molecule has 2 aliphatic carbocycles. The number of fused-ring (bicyclic) bond motifs is 3. The molecular weight excluding hydrogens is 657 g/mol. The molecule has 3 aromatic rings. The highest BCUT2D eigenvalue weighted by Gasteiger charge is 2.49. The van der Waals surface area contributed by atoms with Gasteiger partial charge in [-0.3, -0.25) is 4.79 Å². The molecule has 0 radical (unpaired) electrons. The van der Waals surface area contributed by atoms with E-state index in [1.165, 1.54) is 6.42 Å². The van der Waals surface area contributed by atoms with Crippen molar-refractivity contribution < 1.29 is 14.4 Å². The first-order valence-corrected chi connectivity index (χ1v) is 17.0. The van der Waals surface area contributed by atoms with E-state index in [1.54, 1.807) is 0 Å². The lowest BCUT2D eigenvalue weighted by Gasteiger charge is -2.42. The van der Waals surface area contributed by atoms with Crippen molar-refractivity contribution in [2.75, 3.05) is 25.0 Å². The van der Waals surface area contributed by atoms with Crippen LogP contribution in [0.1, 0.15) is 95.4 Å². The van der Waals surface area contributed by atoms with Crippen molar-refractivity contribution in [1.82, 2.24) is 29.8 Å². The smallest absolute Gasteiger partial charge is 0.186 e. The van der Waals surface area contributed by atoms with E-state index in [0.29, 0.717) is 36.9 Å². The highest BCUT2D eigenvalue weighted by Crippen LogP contribution is 2.48. The third-order valence-electron chi connectivity index (χ3n) is 10.7. The van der Waals surface area contributed by atoms with Crippen LogP contribution in [0, 0.1) is 3.70 Å². The lowest BCUT2D eigenvalue weighted by atomic mass is 9.64. The number of nitrogens with zero attached hydrogens (tertiary/aromatic N) is 7. The van der Waals surface area contributed by atoms with Crippen LogP contribution in [0.2, 0.25) is 0 Å². The molecule has 5 heterocycles. The monoisotopic (exact) mass is 699 g/mol. The SMILES string of the molecule is C=C[C@H]1CC[C@@](C)(O)CN1c1nc(-c2noc3c2CCC[C@@]32CCCCC2=O)nc2c1c(I)nn2[C@@H](C)[C@@H]1CCCN1C. The Morgan fingerprint density at radius 3 is 2.70 bits per heavy atom. The maximum absolute atomic E-state index is 13.3. The molecule has 3 aromatic heterocycles. The van der Waals surface area contributed by atoms with Crippen molar-refractivity contribution in [2.24, 2.45) is 0 Å². The zero-order valence-corrected chi connectivity index (χ0v) is 27.6. The first-order chi connectivity index (χ1) is 20.6. The summed E-state index contributed by atoms with van der Waals surface area (Å²) in [5.74, 6) is 2.25. The van der Waals surface area contributed by atoms with Gasteiger partial charge in [-0.15, -0.1) is 6.58 Å². The Kier molecular flexibility index (Phi) is 7.44. The quantitative estimate of drug-likeness (QED) is 0.278. The summed E-state index contributed by atoms with van der Waals surface area (Å²) in [7, 11) is 2.19. The van der Waals surface area contributed by atoms with E-state index in [1.807, 2.05) is 13.0 Å². The zero-order chi connectivity index (χ0) is 30.1. The van der Waals surface area contributed by atoms with Gasteiger partial charge in [-0.05, 0) is 108 Å². The second-order valence-corrected chi connectivity index (χ2v) is 14.6. The normalized spacial score (nSPS) is 30.7. The minimum absolute atomic E-state index is 0.0121. The van der Waals surface area contributed by atoms with Crippen molar-refractivity contribution >= 4 is 45.2 Å². The van der Waals surface area contributed by atoms with E-state index >= 15 is 0 Å². The summed E-state index contributed by atoms with van der Waals surface area (Å²) in [6, 6.07) is 0.468. The van der Waals surface area contributed by atoms with Crippen molar-refractivity contribution in [3.05, 3.63) is 27.7 Å². The van der Waals surface area contributed by atoms with E-state index in [9.17, 15) is 9.90 Å². The average Bonchev–Trinajstić information content (AvgIpc) is 3.71. The zero-order valence-electron chi connectivity index (χ0n) is 25.5. The van der Waals surface area contributed by atoms with Gasteiger partial charge in [0.25, 0.3) is 0 Å². The number of rotatable bonds is 5. The molecule has 10 nitrogen and oxygen atoms in total. The number of hydrogen-bond acceptors (Lipinski definition) is 9. The van der Waals surface area contributed by atoms with Gasteiger partial charge < -0.3 is 19.4 Å². The second kappa shape index (κ2) is 10.9. The highest BCUT2D eigenvalue weighted by atomic mass is 127. The number of Topliss-reactive ketones (excluding diaryl/α,β-unsaturated/α-hetero) is 1. The lowest BCUT2D eigenvalue weighted by Crippen LogP contribution is -2.51. The minimum Gasteiger partial charge on any atom is -0.388 e.